The summed E-state index contributed by atoms with van der Waals surface area (Å²) in [5, 5.41) is 0.788. The Bertz CT molecular complexity index is 1070. The second-order valence-electron chi connectivity index (χ2n) is 9.23. The quantitative estimate of drug-likeness (QED) is 0.450. The molecule has 0 amide bonds. The summed E-state index contributed by atoms with van der Waals surface area (Å²) in [5.74, 6) is 1.61. The van der Waals surface area contributed by atoms with Crippen molar-refractivity contribution in [2.24, 2.45) is 0 Å². The molecule has 5 rings (SSSR count). The number of pyridine rings is 1. The van der Waals surface area contributed by atoms with E-state index in [0.29, 0.717) is 5.92 Å². The van der Waals surface area contributed by atoms with Crippen molar-refractivity contribution in [1.82, 2.24) is 9.88 Å². The van der Waals surface area contributed by atoms with E-state index in [2.05, 4.69) is 35.2 Å². The maximum Gasteiger partial charge on any atom is 0.123 e. The summed E-state index contributed by atoms with van der Waals surface area (Å²) in [6.45, 7) is 3.20. The van der Waals surface area contributed by atoms with Crippen molar-refractivity contribution >= 4 is 11.6 Å². The number of hydrogen-bond acceptors (Lipinski definition) is 3. The number of benzene rings is 2. The number of fused-ring (bicyclic) bond motifs is 1. The Morgan fingerprint density at radius 3 is 2.53 bits per heavy atom. The topological polar surface area (TPSA) is 25.4 Å². The Balaban J connectivity index is 1.18. The van der Waals surface area contributed by atoms with Crippen LogP contribution in [0, 0.1) is 0 Å². The molecule has 0 atom stereocenters. The summed E-state index contributed by atoms with van der Waals surface area (Å²) >= 11 is 6.12. The fourth-order valence-corrected chi connectivity index (χ4v) is 5.47. The van der Waals surface area contributed by atoms with E-state index < -0.39 is 0 Å². The van der Waals surface area contributed by atoms with Crippen LogP contribution in [0.4, 0.5) is 0 Å². The third-order valence-electron chi connectivity index (χ3n) is 7.04. The van der Waals surface area contributed by atoms with Gasteiger partial charge in [-0.05, 0) is 98.1 Å². The van der Waals surface area contributed by atoms with Crippen molar-refractivity contribution < 1.29 is 4.74 Å². The van der Waals surface area contributed by atoms with Crippen molar-refractivity contribution in [1.29, 1.82) is 0 Å². The number of hydrogen-bond donors (Lipinski definition) is 0. The van der Waals surface area contributed by atoms with Crippen LogP contribution < -0.4 is 4.74 Å². The Morgan fingerprint density at radius 2 is 1.81 bits per heavy atom. The summed E-state index contributed by atoms with van der Waals surface area (Å²) in [6.07, 6.45) is 8.92. The van der Waals surface area contributed by atoms with Gasteiger partial charge < -0.3 is 4.74 Å². The maximum atomic E-state index is 6.12. The van der Waals surface area contributed by atoms with Crippen LogP contribution in [0.3, 0.4) is 0 Å². The van der Waals surface area contributed by atoms with Crippen LogP contribution in [0.5, 0.6) is 5.75 Å². The number of aryl methyl sites for hydroxylation is 2. The number of aromatic nitrogens is 1. The third kappa shape index (κ3) is 4.84. The highest BCUT2D eigenvalue weighted by Gasteiger charge is 2.23. The van der Waals surface area contributed by atoms with Gasteiger partial charge in [0.15, 0.2) is 0 Å². The summed E-state index contributed by atoms with van der Waals surface area (Å²) in [6, 6.07) is 17.2. The predicted octanol–water partition coefficient (Wildman–Crippen LogP) is 6.20. The van der Waals surface area contributed by atoms with E-state index in [0.717, 1.165) is 49.7 Å². The molecule has 4 heteroatoms. The van der Waals surface area contributed by atoms with Crippen molar-refractivity contribution in [3.63, 3.8) is 0 Å². The molecule has 32 heavy (non-hydrogen) atoms. The zero-order chi connectivity index (χ0) is 21.9. The maximum absolute atomic E-state index is 6.12. The highest BCUT2D eigenvalue weighted by Crippen LogP contribution is 2.33. The van der Waals surface area contributed by atoms with Crippen molar-refractivity contribution in [2.45, 2.75) is 51.0 Å². The minimum atomic E-state index is 0.549. The Hall–Kier alpha value is -2.36. The number of piperidine rings is 1. The van der Waals surface area contributed by atoms with Gasteiger partial charge in [0.05, 0.1) is 7.11 Å². The first-order valence-electron chi connectivity index (χ1n) is 11.8. The fraction of sp³-hybridized carbons (Fsp3) is 0.393. The number of methoxy groups -OCH3 is 1. The minimum absolute atomic E-state index is 0.549. The van der Waals surface area contributed by atoms with E-state index >= 15 is 0 Å². The molecule has 2 aromatic carbocycles. The summed E-state index contributed by atoms with van der Waals surface area (Å²) in [7, 11) is 1.80. The van der Waals surface area contributed by atoms with E-state index in [9.17, 15) is 0 Å². The highest BCUT2D eigenvalue weighted by atomic mass is 35.5. The molecule has 0 spiro atoms. The predicted molar refractivity (Wildman–Crippen MR) is 131 cm³/mol. The van der Waals surface area contributed by atoms with Crippen molar-refractivity contribution in [2.75, 3.05) is 20.2 Å². The number of ether oxygens (including phenoxy) is 1. The van der Waals surface area contributed by atoms with Crippen LogP contribution >= 0.6 is 11.6 Å². The van der Waals surface area contributed by atoms with Crippen LogP contribution in [0.25, 0.3) is 0 Å². The van der Waals surface area contributed by atoms with E-state index in [-0.39, 0.29) is 0 Å². The summed E-state index contributed by atoms with van der Waals surface area (Å²) in [4.78, 5) is 7.40. The molecule has 1 aliphatic carbocycles. The largest absolute Gasteiger partial charge is 0.496 e. The molecule has 1 fully saturated rings. The fourth-order valence-electron chi connectivity index (χ4n) is 5.26. The molecule has 3 aromatic rings. The lowest BCUT2D eigenvalue weighted by molar-refractivity contribution is 0.201. The lowest BCUT2D eigenvalue weighted by atomic mass is 9.92. The first-order chi connectivity index (χ1) is 15.7. The van der Waals surface area contributed by atoms with E-state index in [4.69, 9.17) is 21.3 Å². The second-order valence-corrected chi connectivity index (χ2v) is 9.67. The normalized spacial score (nSPS) is 16.8. The van der Waals surface area contributed by atoms with Gasteiger partial charge in [-0.25, -0.2) is 0 Å². The second kappa shape index (κ2) is 9.64. The molecule has 1 saturated heterocycles. The van der Waals surface area contributed by atoms with Gasteiger partial charge in [0, 0.05) is 34.9 Å². The van der Waals surface area contributed by atoms with Crippen LogP contribution in [0.1, 0.15) is 58.7 Å². The molecule has 1 aromatic heterocycles. The van der Waals surface area contributed by atoms with Gasteiger partial charge in [-0.3, -0.25) is 9.88 Å². The van der Waals surface area contributed by atoms with E-state index in [1.54, 1.807) is 7.11 Å². The Labute approximate surface area is 196 Å². The van der Waals surface area contributed by atoms with Crippen molar-refractivity contribution in [3.05, 3.63) is 93.3 Å². The highest BCUT2D eigenvalue weighted by molar-refractivity contribution is 6.30. The van der Waals surface area contributed by atoms with Gasteiger partial charge in [0.25, 0.3) is 0 Å². The summed E-state index contributed by atoms with van der Waals surface area (Å²) < 4.78 is 5.72. The summed E-state index contributed by atoms with van der Waals surface area (Å²) in [5.41, 5.74) is 8.04. The van der Waals surface area contributed by atoms with Gasteiger partial charge in [0.2, 0.25) is 0 Å². The first kappa shape index (κ1) is 21.5. The molecule has 0 bridgehead atoms. The lowest BCUT2D eigenvalue weighted by Gasteiger charge is -2.32. The van der Waals surface area contributed by atoms with Gasteiger partial charge in [0.1, 0.15) is 5.75 Å². The minimum Gasteiger partial charge on any atom is -0.496 e. The standard InChI is InChI=1S/C28H31ClN2O/c1-32-28-17-24-6-3-5-23(24)16-25(28)19-31-12-10-22(11-13-31)27-9-8-21(18-30-27)14-20-4-2-7-26(29)15-20/h2,4,7-9,15-18,22H,3,5-6,10-14,19H2,1H3. The van der Waals surface area contributed by atoms with E-state index in [1.807, 2.05) is 24.4 Å². The van der Waals surface area contributed by atoms with Gasteiger partial charge in [-0.15, -0.1) is 0 Å². The van der Waals surface area contributed by atoms with E-state index in [1.165, 1.54) is 52.8 Å². The molecule has 0 unspecified atom stereocenters. The molecule has 1 aliphatic heterocycles. The molecule has 166 valence electrons. The Kier molecular flexibility index (Phi) is 6.47. The Morgan fingerprint density at radius 1 is 1.00 bits per heavy atom. The average molecular weight is 447 g/mol. The van der Waals surface area contributed by atoms with Gasteiger partial charge >= 0.3 is 0 Å². The molecular weight excluding hydrogens is 416 g/mol. The first-order valence-corrected chi connectivity index (χ1v) is 12.2. The lowest BCUT2D eigenvalue weighted by Crippen LogP contribution is -2.32. The smallest absolute Gasteiger partial charge is 0.123 e. The molecule has 0 radical (unpaired) electrons. The van der Waals surface area contributed by atoms with Crippen LogP contribution in [-0.4, -0.2) is 30.1 Å². The van der Waals surface area contributed by atoms with Crippen LogP contribution in [-0.2, 0) is 25.8 Å². The van der Waals surface area contributed by atoms with Crippen LogP contribution in [0.2, 0.25) is 5.02 Å². The monoisotopic (exact) mass is 446 g/mol. The zero-order valence-corrected chi connectivity index (χ0v) is 19.6. The zero-order valence-electron chi connectivity index (χ0n) is 18.8. The van der Waals surface area contributed by atoms with Gasteiger partial charge in [-0.2, -0.15) is 0 Å². The molecule has 2 heterocycles. The van der Waals surface area contributed by atoms with Gasteiger partial charge in [-0.1, -0.05) is 35.9 Å². The number of likely N-dealkylation sites (tertiary alicyclic amines) is 1. The molecule has 0 N–H and O–H groups in total. The molecule has 3 nitrogen and oxygen atoms in total. The number of rotatable bonds is 6. The third-order valence-corrected chi connectivity index (χ3v) is 7.27. The SMILES string of the molecule is COc1cc2c(cc1CN1CCC(c3ccc(Cc4cccc(Cl)c4)cn3)CC1)CCC2. The number of nitrogens with zero attached hydrogens (tertiary/aromatic N) is 2. The molecular formula is C28H31ClN2O. The molecule has 2 aliphatic rings. The van der Waals surface area contributed by atoms with Crippen LogP contribution in [0.15, 0.2) is 54.7 Å². The number of halogens is 1. The average Bonchev–Trinajstić information content (AvgIpc) is 3.27. The molecule has 0 saturated carbocycles. The van der Waals surface area contributed by atoms with Crippen molar-refractivity contribution in [3.8, 4) is 5.75 Å².